The topological polar surface area (TPSA) is 42.2 Å². The van der Waals surface area contributed by atoms with Crippen LogP contribution >= 0.6 is 0 Å². The normalized spacial score (nSPS) is 12.1. The van der Waals surface area contributed by atoms with E-state index in [9.17, 15) is 0 Å². The van der Waals surface area contributed by atoms with Gasteiger partial charge in [-0.25, -0.2) is 0 Å². The van der Waals surface area contributed by atoms with Gasteiger partial charge >= 0.3 is 0 Å². The predicted molar refractivity (Wildman–Crippen MR) is 72.9 cm³/mol. The van der Waals surface area contributed by atoms with Gasteiger partial charge in [0.25, 0.3) is 0 Å². The van der Waals surface area contributed by atoms with E-state index in [0.29, 0.717) is 6.54 Å². The highest BCUT2D eigenvalue weighted by Crippen LogP contribution is 2.14. The third-order valence-corrected chi connectivity index (χ3v) is 3.27. The van der Waals surface area contributed by atoms with Crippen LogP contribution in [0, 0.1) is 0 Å². The molecule has 0 fully saturated rings. The van der Waals surface area contributed by atoms with Crippen LogP contribution in [0.5, 0.6) is 0 Å². The van der Waals surface area contributed by atoms with E-state index in [0.717, 1.165) is 19.5 Å². The van der Waals surface area contributed by atoms with Crippen LogP contribution in [0.3, 0.4) is 0 Å². The minimum atomic E-state index is 0.0863. The average Bonchev–Trinajstić information content (AvgIpc) is 2.35. The van der Waals surface area contributed by atoms with E-state index in [1.807, 2.05) is 12.4 Å². The van der Waals surface area contributed by atoms with Crippen molar-refractivity contribution in [1.82, 2.24) is 9.88 Å². The molecule has 0 unspecified atom stereocenters. The Bertz CT molecular complexity index is 309. The highest BCUT2D eigenvalue weighted by molar-refractivity contribution is 5.10. The molecule has 0 aliphatic heterocycles. The lowest BCUT2D eigenvalue weighted by molar-refractivity contribution is 0.128. The smallest absolute Gasteiger partial charge is 0.0275 e. The van der Waals surface area contributed by atoms with E-state index in [4.69, 9.17) is 5.73 Å². The molecule has 0 amide bonds. The van der Waals surface area contributed by atoms with Gasteiger partial charge in [-0.05, 0) is 50.9 Å². The van der Waals surface area contributed by atoms with E-state index >= 15 is 0 Å². The number of hydrogen-bond donors (Lipinski definition) is 1. The summed E-state index contributed by atoms with van der Waals surface area (Å²) in [7, 11) is 0. The van der Waals surface area contributed by atoms with E-state index in [2.05, 4.69) is 42.8 Å². The summed E-state index contributed by atoms with van der Waals surface area (Å²) < 4.78 is 0. The molecule has 0 bridgehead atoms. The summed E-state index contributed by atoms with van der Waals surface area (Å²) >= 11 is 0. The lowest BCUT2D eigenvalue weighted by Gasteiger charge is -2.37. The minimum Gasteiger partial charge on any atom is -0.329 e. The standard InChI is InChI=1S/C14H25N3/c1-4-10-17(14(2,3)12-15)11-7-13-5-8-16-9-6-13/h5-6,8-9H,4,7,10-12,15H2,1-3H3. The maximum atomic E-state index is 5.85. The van der Waals surface area contributed by atoms with Crippen molar-refractivity contribution in [2.24, 2.45) is 5.73 Å². The first-order valence-electron chi connectivity index (χ1n) is 6.44. The van der Waals surface area contributed by atoms with Crippen LogP contribution in [0.1, 0.15) is 32.8 Å². The van der Waals surface area contributed by atoms with Crippen molar-refractivity contribution in [1.29, 1.82) is 0 Å². The molecule has 1 aromatic heterocycles. The Kier molecular flexibility index (Phi) is 5.59. The molecule has 17 heavy (non-hydrogen) atoms. The SMILES string of the molecule is CCCN(CCc1ccncc1)C(C)(C)CN. The predicted octanol–water partition coefficient (Wildman–Crippen LogP) is 2.07. The molecule has 2 N–H and O–H groups in total. The summed E-state index contributed by atoms with van der Waals surface area (Å²) in [5, 5.41) is 0. The first-order chi connectivity index (χ1) is 8.10. The van der Waals surface area contributed by atoms with Gasteiger partial charge in [0.1, 0.15) is 0 Å². The Morgan fingerprint density at radius 3 is 2.41 bits per heavy atom. The zero-order valence-electron chi connectivity index (χ0n) is 11.3. The van der Waals surface area contributed by atoms with Gasteiger partial charge in [0.05, 0.1) is 0 Å². The van der Waals surface area contributed by atoms with Crippen LogP contribution in [0.4, 0.5) is 0 Å². The Balaban J connectivity index is 2.56. The summed E-state index contributed by atoms with van der Waals surface area (Å²) in [5.74, 6) is 0. The van der Waals surface area contributed by atoms with E-state index in [1.54, 1.807) is 0 Å². The lowest BCUT2D eigenvalue weighted by Crippen LogP contribution is -2.50. The van der Waals surface area contributed by atoms with Gasteiger partial charge in [0.2, 0.25) is 0 Å². The summed E-state index contributed by atoms with van der Waals surface area (Å²) in [6.45, 7) is 9.51. The van der Waals surface area contributed by atoms with Crippen molar-refractivity contribution in [3.8, 4) is 0 Å². The van der Waals surface area contributed by atoms with Crippen LogP contribution in [0.15, 0.2) is 24.5 Å². The molecule has 0 atom stereocenters. The number of nitrogens with two attached hydrogens (primary N) is 1. The van der Waals surface area contributed by atoms with Crippen molar-refractivity contribution in [3.05, 3.63) is 30.1 Å². The fraction of sp³-hybridized carbons (Fsp3) is 0.643. The van der Waals surface area contributed by atoms with Crippen molar-refractivity contribution < 1.29 is 0 Å². The Labute approximate surface area is 105 Å². The van der Waals surface area contributed by atoms with Gasteiger partial charge in [-0.15, -0.1) is 0 Å². The van der Waals surface area contributed by atoms with E-state index in [1.165, 1.54) is 12.0 Å². The van der Waals surface area contributed by atoms with Gasteiger partial charge in [-0.2, -0.15) is 0 Å². The largest absolute Gasteiger partial charge is 0.329 e. The molecule has 0 aliphatic carbocycles. The molecule has 1 heterocycles. The second-order valence-electron chi connectivity index (χ2n) is 5.11. The average molecular weight is 235 g/mol. The first-order valence-corrected chi connectivity index (χ1v) is 6.44. The first kappa shape index (κ1) is 14.1. The quantitative estimate of drug-likeness (QED) is 0.786. The zero-order chi connectivity index (χ0) is 12.7. The van der Waals surface area contributed by atoms with Gasteiger partial charge in [0, 0.05) is 31.0 Å². The number of nitrogens with zero attached hydrogens (tertiary/aromatic N) is 2. The van der Waals surface area contributed by atoms with E-state index in [-0.39, 0.29) is 5.54 Å². The summed E-state index contributed by atoms with van der Waals surface area (Å²) in [6, 6.07) is 4.17. The zero-order valence-corrected chi connectivity index (χ0v) is 11.3. The van der Waals surface area contributed by atoms with Gasteiger partial charge in [-0.3, -0.25) is 9.88 Å². The van der Waals surface area contributed by atoms with Gasteiger partial charge in [-0.1, -0.05) is 6.92 Å². The fourth-order valence-electron chi connectivity index (χ4n) is 1.93. The van der Waals surface area contributed by atoms with Crippen molar-refractivity contribution in [2.45, 2.75) is 39.2 Å². The number of aromatic nitrogens is 1. The molecular formula is C14H25N3. The van der Waals surface area contributed by atoms with Crippen LogP contribution in [-0.2, 0) is 6.42 Å². The molecule has 0 saturated heterocycles. The highest BCUT2D eigenvalue weighted by atomic mass is 15.2. The lowest BCUT2D eigenvalue weighted by atomic mass is 10.0. The maximum Gasteiger partial charge on any atom is 0.0275 e. The maximum absolute atomic E-state index is 5.85. The molecule has 0 radical (unpaired) electrons. The van der Waals surface area contributed by atoms with Gasteiger partial charge in [0.15, 0.2) is 0 Å². The van der Waals surface area contributed by atoms with Crippen LogP contribution in [0.2, 0.25) is 0 Å². The van der Waals surface area contributed by atoms with Gasteiger partial charge < -0.3 is 5.73 Å². The Morgan fingerprint density at radius 1 is 1.24 bits per heavy atom. The second-order valence-corrected chi connectivity index (χ2v) is 5.11. The molecule has 0 saturated carbocycles. The van der Waals surface area contributed by atoms with Crippen LogP contribution in [0.25, 0.3) is 0 Å². The molecule has 0 aromatic carbocycles. The number of rotatable bonds is 7. The molecule has 1 rings (SSSR count). The summed E-state index contributed by atoms with van der Waals surface area (Å²) in [4.78, 5) is 6.52. The highest BCUT2D eigenvalue weighted by Gasteiger charge is 2.23. The molecule has 3 heteroatoms. The number of hydrogen-bond acceptors (Lipinski definition) is 3. The van der Waals surface area contributed by atoms with E-state index < -0.39 is 0 Å². The fourth-order valence-corrected chi connectivity index (χ4v) is 1.93. The number of pyridine rings is 1. The summed E-state index contributed by atoms with van der Waals surface area (Å²) in [5.41, 5.74) is 7.28. The third kappa shape index (κ3) is 4.44. The van der Waals surface area contributed by atoms with Crippen molar-refractivity contribution in [2.75, 3.05) is 19.6 Å². The molecule has 0 spiro atoms. The second kappa shape index (κ2) is 6.72. The third-order valence-electron chi connectivity index (χ3n) is 3.27. The molecule has 3 nitrogen and oxygen atoms in total. The Hall–Kier alpha value is -0.930. The molecule has 1 aromatic rings. The molecule has 96 valence electrons. The minimum absolute atomic E-state index is 0.0863. The molecular weight excluding hydrogens is 210 g/mol. The van der Waals surface area contributed by atoms with Crippen LogP contribution < -0.4 is 5.73 Å². The Morgan fingerprint density at radius 2 is 1.88 bits per heavy atom. The summed E-state index contributed by atoms with van der Waals surface area (Å²) in [6.07, 6.45) is 5.94. The van der Waals surface area contributed by atoms with Crippen molar-refractivity contribution >= 4 is 0 Å². The molecule has 0 aliphatic rings. The van der Waals surface area contributed by atoms with Crippen molar-refractivity contribution in [3.63, 3.8) is 0 Å². The monoisotopic (exact) mass is 235 g/mol. The van der Waals surface area contributed by atoms with Crippen LogP contribution in [-0.4, -0.2) is 35.1 Å².